The Hall–Kier alpha value is -0.404. The fourth-order valence-corrected chi connectivity index (χ4v) is 2.87. The van der Waals surface area contributed by atoms with E-state index < -0.39 is 29.6 Å². The number of ether oxygens (including phenoxy) is 1. The number of hydrogen-bond donors (Lipinski definition) is 0. The molecule has 2 atom stereocenters. The summed E-state index contributed by atoms with van der Waals surface area (Å²) in [6.07, 6.45) is -0.106. The standard InChI is InChI=1S/C17H23NO4.K/c1-11-7-5-6-8-12(11)14-13(15(19)20)9-10-18(14)16(21)22-17(2,3)4;/h5-8,13-14H,9-10H2,1-4H3,(H,19,20);/q;+1/p-1/t13-,14+;/m1./s1. The van der Waals surface area contributed by atoms with Gasteiger partial charge in [-0.05, 0) is 45.2 Å². The average molecular weight is 343 g/mol. The van der Waals surface area contributed by atoms with Crippen molar-refractivity contribution in [1.82, 2.24) is 4.90 Å². The molecule has 1 saturated heterocycles. The number of hydrogen-bond acceptors (Lipinski definition) is 4. The van der Waals surface area contributed by atoms with Gasteiger partial charge in [0.15, 0.2) is 0 Å². The van der Waals surface area contributed by atoms with Crippen LogP contribution in [0.2, 0.25) is 0 Å². The molecular formula is C17H22KNO4. The van der Waals surface area contributed by atoms with E-state index in [2.05, 4.69) is 0 Å². The van der Waals surface area contributed by atoms with E-state index in [0.29, 0.717) is 13.0 Å². The van der Waals surface area contributed by atoms with Crippen molar-refractivity contribution in [3.05, 3.63) is 35.4 Å². The molecule has 2 rings (SSSR count). The fourth-order valence-electron chi connectivity index (χ4n) is 2.87. The predicted octanol–water partition coefficient (Wildman–Crippen LogP) is -0.953. The van der Waals surface area contributed by atoms with E-state index in [4.69, 9.17) is 4.74 Å². The topological polar surface area (TPSA) is 69.7 Å². The Morgan fingerprint density at radius 3 is 2.39 bits per heavy atom. The number of carboxylic acid groups (broad SMARTS) is 1. The van der Waals surface area contributed by atoms with Crippen LogP contribution in [0.3, 0.4) is 0 Å². The van der Waals surface area contributed by atoms with Gasteiger partial charge < -0.3 is 19.5 Å². The molecule has 0 bridgehead atoms. The van der Waals surface area contributed by atoms with Gasteiger partial charge in [0.25, 0.3) is 0 Å². The second-order valence-corrected chi connectivity index (χ2v) is 6.69. The van der Waals surface area contributed by atoms with Gasteiger partial charge in [-0.2, -0.15) is 0 Å². The average Bonchev–Trinajstić information content (AvgIpc) is 2.82. The molecule has 0 aromatic heterocycles. The summed E-state index contributed by atoms with van der Waals surface area (Å²) in [4.78, 5) is 25.4. The van der Waals surface area contributed by atoms with E-state index in [9.17, 15) is 14.7 Å². The van der Waals surface area contributed by atoms with Crippen molar-refractivity contribution in [2.75, 3.05) is 6.54 Å². The molecule has 1 aromatic carbocycles. The van der Waals surface area contributed by atoms with Gasteiger partial charge in [-0.3, -0.25) is 0 Å². The summed E-state index contributed by atoms with van der Waals surface area (Å²) < 4.78 is 5.41. The number of carbonyl (C=O) groups is 2. The van der Waals surface area contributed by atoms with E-state index >= 15 is 0 Å². The molecule has 5 nitrogen and oxygen atoms in total. The molecular weight excluding hydrogens is 321 g/mol. The first-order valence-corrected chi connectivity index (χ1v) is 7.46. The molecule has 0 spiro atoms. The number of nitrogens with zero attached hydrogens (tertiary/aromatic N) is 1. The van der Waals surface area contributed by atoms with Crippen molar-refractivity contribution in [2.45, 2.75) is 45.8 Å². The zero-order valence-electron chi connectivity index (χ0n) is 14.5. The number of carbonyl (C=O) groups excluding carboxylic acids is 2. The van der Waals surface area contributed by atoms with E-state index in [1.807, 2.05) is 31.2 Å². The number of carboxylic acids is 1. The predicted molar refractivity (Wildman–Crippen MR) is 80.0 cm³/mol. The van der Waals surface area contributed by atoms with Gasteiger partial charge in [0.05, 0.1) is 6.04 Å². The van der Waals surface area contributed by atoms with Crippen LogP contribution in [0.4, 0.5) is 4.79 Å². The summed E-state index contributed by atoms with van der Waals surface area (Å²) in [6.45, 7) is 7.64. The third kappa shape index (κ3) is 5.03. The SMILES string of the molecule is Cc1ccccc1[C@H]1[C@H](C(=O)[O-])CCN1C(=O)OC(C)(C)C.[K+]. The van der Waals surface area contributed by atoms with Gasteiger partial charge in [0, 0.05) is 18.4 Å². The van der Waals surface area contributed by atoms with Crippen molar-refractivity contribution < 1.29 is 70.8 Å². The Kier molecular flexibility index (Phi) is 7.28. The Bertz CT molecular complexity index is 582. The van der Waals surface area contributed by atoms with E-state index in [1.54, 1.807) is 20.8 Å². The summed E-state index contributed by atoms with van der Waals surface area (Å²) in [5.74, 6) is -1.84. The summed E-state index contributed by atoms with van der Waals surface area (Å²) in [5.41, 5.74) is 1.17. The summed E-state index contributed by atoms with van der Waals surface area (Å²) in [7, 11) is 0. The van der Waals surface area contributed by atoms with Crippen LogP contribution < -0.4 is 56.5 Å². The van der Waals surface area contributed by atoms with Crippen LogP contribution in [-0.4, -0.2) is 29.1 Å². The molecule has 1 heterocycles. The van der Waals surface area contributed by atoms with Gasteiger partial charge in [-0.1, -0.05) is 24.3 Å². The molecule has 120 valence electrons. The minimum atomic E-state index is -1.13. The summed E-state index contributed by atoms with van der Waals surface area (Å²) in [5, 5.41) is 11.5. The van der Waals surface area contributed by atoms with E-state index in [-0.39, 0.29) is 51.4 Å². The van der Waals surface area contributed by atoms with Crippen LogP contribution in [0.5, 0.6) is 0 Å². The van der Waals surface area contributed by atoms with E-state index in [0.717, 1.165) is 11.1 Å². The molecule has 1 aliphatic heterocycles. The van der Waals surface area contributed by atoms with Crippen LogP contribution in [0, 0.1) is 12.8 Å². The van der Waals surface area contributed by atoms with Gasteiger partial charge in [-0.25, -0.2) is 4.79 Å². The Balaban J connectivity index is 0.00000264. The van der Waals surface area contributed by atoms with Gasteiger partial charge >= 0.3 is 57.5 Å². The number of aliphatic carboxylic acids is 1. The van der Waals surface area contributed by atoms with Crippen LogP contribution in [0.1, 0.15) is 44.4 Å². The molecule has 6 heteroatoms. The maximum absolute atomic E-state index is 12.4. The molecule has 0 aliphatic carbocycles. The molecule has 0 unspecified atom stereocenters. The minimum absolute atomic E-state index is 0. The fraction of sp³-hybridized carbons (Fsp3) is 0.529. The van der Waals surface area contributed by atoms with Crippen molar-refractivity contribution >= 4 is 12.1 Å². The van der Waals surface area contributed by atoms with Crippen LogP contribution >= 0.6 is 0 Å². The molecule has 0 N–H and O–H groups in total. The zero-order valence-corrected chi connectivity index (χ0v) is 17.6. The monoisotopic (exact) mass is 343 g/mol. The molecule has 0 radical (unpaired) electrons. The number of likely N-dealkylation sites (tertiary alicyclic amines) is 1. The maximum Gasteiger partial charge on any atom is 1.00 e. The van der Waals surface area contributed by atoms with Crippen molar-refractivity contribution in [2.24, 2.45) is 5.92 Å². The Morgan fingerprint density at radius 2 is 1.87 bits per heavy atom. The first-order valence-electron chi connectivity index (χ1n) is 7.46. The van der Waals surface area contributed by atoms with Gasteiger partial charge in [0.1, 0.15) is 5.60 Å². The quantitative estimate of drug-likeness (QED) is 0.649. The molecule has 1 aromatic rings. The molecule has 0 saturated carbocycles. The van der Waals surface area contributed by atoms with Crippen molar-refractivity contribution in [3.63, 3.8) is 0 Å². The normalized spacial score (nSPS) is 20.8. The first kappa shape index (κ1) is 20.6. The second kappa shape index (κ2) is 8.12. The van der Waals surface area contributed by atoms with Crippen molar-refractivity contribution in [3.8, 4) is 0 Å². The minimum Gasteiger partial charge on any atom is -0.550 e. The Morgan fingerprint density at radius 1 is 1.26 bits per heavy atom. The largest absolute Gasteiger partial charge is 1.00 e. The molecule has 1 amide bonds. The van der Waals surface area contributed by atoms with Crippen molar-refractivity contribution in [1.29, 1.82) is 0 Å². The molecule has 23 heavy (non-hydrogen) atoms. The number of benzene rings is 1. The first-order chi connectivity index (χ1) is 10.2. The number of aryl methyl sites for hydroxylation is 1. The number of amides is 1. The molecule has 1 aliphatic rings. The Labute approximate surface area is 179 Å². The third-order valence-electron chi connectivity index (χ3n) is 3.84. The summed E-state index contributed by atoms with van der Waals surface area (Å²) in [6, 6.07) is 6.97. The summed E-state index contributed by atoms with van der Waals surface area (Å²) >= 11 is 0. The maximum atomic E-state index is 12.4. The smallest absolute Gasteiger partial charge is 0.550 e. The second-order valence-electron chi connectivity index (χ2n) is 6.69. The van der Waals surface area contributed by atoms with Crippen LogP contribution in [0.15, 0.2) is 24.3 Å². The van der Waals surface area contributed by atoms with Crippen LogP contribution in [0.25, 0.3) is 0 Å². The number of rotatable bonds is 2. The zero-order chi connectivity index (χ0) is 16.5. The molecule has 1 fully saturated rings. The third-order valence-corrected chi connectivity index (χ3v) is 3.84. The van der Waals surface area contributed by atoms with Gasteiger partial charge in [0.2, 0.25) is 0 Å². The van der Waals surface area contributed by atoms with E-state index in [1.165, 1.54) is 4.90 Å². The van der Waals surface area contributed by atoms with Crippen LogP contribution in [-0.2, 0) is 9.53 Å². The van der Waals surface area contributed by atoms with Gasteiger partial charge in [-0.15, -0.1) is 0 Å².